The van der Waals surface area contributed by atoms with Crippen molar-refractivity contribution in [3.63, 3.8) is 0 Å². The molecule has 0 spiro atoms. The highest BCUT2D eigenvalue weighted by Gasteiger charge is 2.06. The number of nitrogens with zero attached hydrogens (tertiary/aromatic N) is 1. The lowest BCUT2D eigenvalue weighted by Gasteiger charge is -1.99. The average Bonchev–Trinajstić information content (AvgIpc) is 2.02. The van der Waals surface area contributed by atoms with E-state index in [4.69, 9.17) is 5.73 Å². The summed E-state index contributed by atoms with van der Waals surface area (Å²) in [4.78, 5) is 14.5. The van der Waals surface area contributed by atoms with Crippen LogP contribution in [0.5, 0.6) is 0 Å². The highest BCUT2D eigenvalue weighted by atomic mass is 32.2. The van der Waals surface area contributed by atoms with Gasteiger partial charge in [-0.3, -0.25) is 9.78 Å². The van der Waals surface area contributed by atoms with Gasteiger partial charge in [0.15, 0.2) is 9.84 Å². The molecule has 0 aliphatic heterocycles. The number of hydrogen-bond acceptors (Lipinski definition) is 4. The summed E-state index contributed by atoms with van der Waals surface area (Å²) in [5, 5.41) is 0. The van der Waals surface area contributed by atoms with E-state index >= 15 is 0 Å². The fourth-order valence-electron chi connectivity index (χ4n) is 0.924. The van der Waals surface area contributed by atoms with Gasteiger partial charge in [-0.1, -0.05) is 0 Å². The zero-order valence-electron chi connectivity index (χ0n) is 7.60. The first-order valence-corrected chi connectivity index (χ1v) is 5.87. The van der Waals surface area contributed by atoms with Gasteiger partial charge in [0.2, 0.25) is 5.91 Å². The van der Waals surface area contributed by atoms with Gasteiger partial charge in [-0.15, -0.1) is 0 Å². The van der Waals surface area contributed by atoms with Crippen LogP contribution in [0.25, 0.3) is 0 Å². The quantitative estimate of drug-likeness (QED) is 0.749. The minimum absolute atomic E-state index is 0.133. The number of nitrogens with two attached hydrogens (primary N) is 1. The van der Waals surface area contributed by atoms with E-state index < -0.39 is 15.7 Å². The number of amides is 1. The Hall–Kier alpha value is -1.43. The molecule has 0 aliphatic carbocycles. The maximum Gasteiger partial charge on any atom is 0.250 e. The highest BCUT2D eigenvalue weighted by molar-refractivity contribution is 7.89. The van der Waals surface area contributed by atoms with E-state index in [0.717, 1.165) is 6.26 Å². The number of rotatable bonds is 3. The van der Waals surface area contributed by atoms with E-state index in [1.54, 1.807) is 0 Å². The maximum absolute atomic E-state index is 10.9. The Bertz CT molecular complexity index is 436. The van der Waals surface area contributed by atoms with Crippen molar-refractivity contribution in [2.24, 2.45) is 5.73 Å². The summed E-state index contributed by atoms with van der Waals surface area (Å²) in [5.41, 5.74) is 5.66. The first-order valence-electron chi connectivity index (χ1n) is 3.81. The third-order valence-electron chi connectivity index (χ3n) is 1.52. The molecule has 0 saturated heterocycles. The van der Waals surface area contributed by atoms with Crippen LogP contribution in [-0.4, -0.2) is 25.6 Å². The molecule has 0 bridgehead atoms. The number of carbonyl (C=O) groups is 1. The van der Waals surface area contributed by atoms with Gasteiger partial charge in [0.05, 0.1) is 17.0 Å². The first-order chi connectivity index (χ1) is 6.38. The molecule has 1 amide bonds. The summed E-state index contributed by atoms with van der Waals surface area (Å²) in [7, 11) is -3.09. The van der Waals surface area contributed by atoms with Crippen LogP contribution in [0.2, 0.25) is 0 Å². The van der Waals surface area contributed by atoms with Gasteiger partial charge in [0.25, 0.3) is 0 Å². The maximum atomic E-state index is 10.9. The second-order valence-corrected chi connectivity index (χ2v) is 5.11. The topological polar surface area (TPSA) is 90.1 Å². The molecule has 0 aliphatic rings. The normalized spacial score (nSPS) is 11.2. The van der Waals surface area contributed by atoms with Gasteiger partial charge in [0.1, 0.15) is 0 Å². The number of primary amides is 1. The van der Waals surface area contributed by atoms with Crippen LogP contribution in [-0.2, 0) is 15.6 Å². The number of hydrogen-bond donors (Lipinski definition) is 1. The van der Waals surface area contributed by atoms with Crippen molar-refractivity contribution in [1.82, 2.24) is 4.98 Å². The summed E-state index contributed by atoms with van der Waals surface area (Å²) in [5.74, 6) is -0.713. The zero-order chi connectivity index (χ0) is 10.8. The molecule has 1 heterocycles. The fraction of sp³-hybridized carbons (Fsp3) is 0.250. The second kappa shape index (κ2) is 3.75. The van der Waals surface area contributed by atoms with Crippen LogP contribution in [0.4, 0.5) is 0 Å². The van der Waals surface area contributed by atoms with E-state index in [0.29, 0.717) is 5.69 Å². The molecular formula is C8H10N2O3S. The zero-order valence-corrected chi connectivity index (χ0v) is 8.41. The van der Waals surface area contributed by atoms with Crippen molar-refractivity contribution in [3.05, 3.63) is 29.6 Å². The Labute approximate surface area is 81.9 Å². The number of sulfone groups is 1. The predicted octanol–water partition coefficient (Wildman–Crippen LogP) is -0.275. The van der Waals surface area contributed by atoms with E-state index in [1.165, 1.54) is 18.3 Å². The monoisotopic (exact) mass is 214 g/mol. The minimum atomic E-state index is -3.09. The molecule has 1 rings (SSSR count). The molecule has 1 aromatic heterocycles. The standard InChI is InChI=1S/C8H10N2O3S/c1-14(12,13)5-7-3-2-6(4-10-7)8(9)11/h2-4H,5H2,1H3,(H2,9,11). The molecule has 6 heteroatoms. The Morgan fingerprint density at radius 1 is 1.50 bits per heavy atom. The van der Waals surface area contributed by atoms with Crippen LogP contribution in [0.1, 0.15) is 16.1 Å². The summed E-state index contributed by atoms with van der Waals surface area (Å²) in [6, 6.07) is 2.93. The van der Waals surface area contributed by atoms with Crippen LogP contribution >= 0.6 is 0 Å². The fourth-order valence-corrected chi connectivity index (χ4v) is 1.63. The number of pyridine rings is 1. The smallest absolute Gasteiger partial charge is 0.250 e. The van der Waals surface area contributed by atoms with Gasteiger partial charge in [-0.2, -0.15) is 0 Å². The third kappa shape index (κ3) is 3.14. The molecule has 0 saturated carbocycles. The summed E-state index contributed by atoms with van der Waals surface area (Å²) >= 11 is 0. The summed E-state index contributed by atoms with van der Waals surface area (Å²) in [6.45, 7) is 0. The van der Waals surface area contributed by atoms with Crippen molar-refractivity contribution in [1.29, 1.82) is 0 Å². The van der Waals surface area contributed by atoms with Crippen molar-refractivity contribution in [2.45, 2.75) is 5.75 Å². The van der Waals surface area contributed by atoms with E-state index in [9.17, 15) is 13.2 Å². The molecular weight excluding hydrogens is 204 g/mol. The Morgan fingerprint density at radius 2 is 2.14 bits per heavy atom. The SMILES string of the molecule is CS(=O)(=O)Cc1ccc(C(N)=O)cn1. The third-order valence-corrected chi connectivity index (χ3v) is 2.34. The van der Waals surface area contributed by atoms with Gasteiger partial charge in [-0.25, -0.2) is 8.42 Å². The lowest BCUT2D eigenvalue weighted by atomic mass is 10.2. The van der Waals surface area contributed by atoms with E-state index in [-0.39, 0.29) is 11.3 Å². The van der Waals surface area contributed by atoms with Crippen LogP contribution in [0.3, 0.4) is 0 Å². The number of aromatic nitrogens is 1. The minimum Gasteiger partial charge on any atom is -0.366 e. The highest BCUT2D eigenvalue weighted by Crippen LogP contribution is 2.03. The van der Waals surface area contributed by atoms with Crippen LogP contribution in [0.15, 0.2) is 18.3 Å². The van der Waals surface area contributed by atoms with E-state index in [2.05, 4.69) is 4.98 Å². The van der Waals surface area contributed by atoms with Gasteiger partial charge in [-0.05, 0) is 12.1 Å². The molecule has 5 nitrogen and oxygen atoms in total. The van der Waals surface area contributed by atoms with Crippen molar-refractivity contribution in [2.75, 3.05) is 6.26 Å². The molecule has 0 atom stereocenters. The Morgan fingerprint density at radius 3 is 2.50 bits per heavy atom. The summed E-state index contributed by atoms with van der Waals surface area (Å²) < 4.78 is 21.8. The Kier molecular flexibility index (Phi) is 2.85. The number of carbonyl (C=O) groups excluding carboxylic acids is 1. The average molecular weight is 214 g/mol. The van der Waals surface area contributed by atoms with Crippen molar-refractivity contribution < 1.29 is 13.2 Å². The first kappa shape index (κ1) is 10.6. The van der Waals surface area contributed by atoms with Crippen LogP contribution < -0.4 is 5.73 Å². The van der Waals surface area contributed by atoms with Crippen LogP contribution in [0, 0.1) is 0 Å². The van der Waals surface area contributed by atoms with Crippen molar-refractivity contribution >= 4 is 15.7 Å². The van der Waals surface area contributed by atoms with Gasteiger partial charge < -0.3 is 5.73 Å². The molecule has 2 N–H and O–H groups in total. The predicted molar refractivity (Wildman–Crippen MR) is 51.3 cm³/mol. The van der Waals surface area contributed by atoms with Crippen molar-refractivity contribution in [3.8, 4) is 0 Å². The lowest BCUT2D eigenvalue weighted by Crippen LogP contribution is -2.12. The molecule has 0 radical (unpaired) electrons. The molecule has 1 aromatic rings. The molecule has 14 heavy (non-hydrogen) atoms. The largest absolute Gasteiger partial charge is 0.366 e. The lowest BCUT2D eigenvalue weighted by molar-refractivity contribution is 0.1000. The molecule has 0 aromatic carbocycles. The molecule has 0 unspecified atom stereocenters. The Balaban J connectivity index is 2.90. The molecule has 76 valence electrons. The summed E-state index contributed by atoms with van der Waals surface area (Å²) in [6.07, 6.45) is 2.39. The van der Waals surface area contributed by atoms with Gasteiger partial charge in [0, 0.05) is 12.5 Å². The second-order valence-electron chi connectivity index (χ2n) is 2.97. The van der Waals surface area contributed by atoms with E-state index in [1.807, 2.05) is 0 Å². The van der Waals surface area contributed by atoms with Gasteiger partial charge >= 0.3 is 0 Å². The molecule has 0 fully saturated rings.